The van der Waals surface area contributed by atoms with Gasteiger partial charge in [-0.3, -0.25) is 4.79 Å². The van der Waals surface area contributed by atoms with Crippen LogP contribution in [0.15, 0.2) is 69.0 Å². The van der Waals surface area contributed by atoms with E-state index >= 15 is 0 Å². The maximum absolute atomic E-state index is 13.5. The van der Waals surface area contributed by atoms with Crippen LogP contribution < -0.4 is 20.5 Å². The lowest BCUT2D eigenvalue weighted by atomic mass is 9.75. The highest BCUT2D eigenvalue weighted by Crippen LogP contribution is 2.35. The van der Waals surface area contributed by atoms with E-state index in [2.05, 4.69) is 23.9 Å². The monoisotopic (exact) mass is 536 g/mol. The summed E-state index contributed by atoms with van der Waals surface area (Å²) in [4.78, 5) is 15.7. The smallest absolute Gasteiger partial charge is 0.488 e. The van der Waals surface area contributed by atoms with Crippen LogP contribution in [0, 0.1) is 19.3 Å². The van der Waals surface area contributed by atoms with Gasteiger partial charge in [-0.15, -0.1) is 5.16 Å². The average Bonchev–Trinajstić information content (AvgIpc) is 2.94. The zero-order chi connectivity index (χ0) is 28.0. The molecule has 40 heavy (non-hydrogen) atoms. The van der Waals surface area contributed by atoms with E-state index in [0.29, 0.717) is 39.0 Å². The summed E-state index contributed by atoms with van der Waals surface area (Å²) in [7, 11) is -1.11. The van der Waals surface area contributed by atoms with E-state index < -0.39 is 7.12 Å². The van der Waals surface area contributed by atoms with Crippen molar-refractivity contribution < 1.29 is 18.9 Å². The normalized spacial score (nSPS) is 16.1. The van der Waals surface area contributed by atoms with E-state index in [4.69, 9.17) is 13.9 Å². The fourth-order valence-corrected chi connectivity index (χ4v) is 5.60. The van der Waals surface area contributed by atoms with Crippen molar-refractivity contribution in [1.82, 2.24) is 0 Å². The predicted octanol–water partition coefficient (Wildman–Crippen LogP) is 5.33. The Kier molecular flexibility index (Phi) is 6.66. The maximum Gasteiger partial charge on any atom is 0.583 e. The van der Waals surface area contributed by atoms with Gasteiger partial charge >= 0.3 is 7.12 Å². The molecule has 0 radical (unpaired) electrons. The predicted molar refractivity (Wildman–Crippen MR) is 160 cm³/mol. The third kappa shape index (κ3) is 4.88. The molecule has 1 saturated heterocycles. The van der Waals surface area contributed by atoms with Crippen LogP contribution in [0.4, 0.5) is 5.88 Å². The van der Waals surface area contributed by atoms with Crippen molar-refractivity contribution in [2.24, 2.45) is 10.6 Å². The molecule has 0 unspecified atom stereocenters. The number of anilines is 1. The number of hydrogen-bond donors (Lipinski definition) is 1. The highest BCUT2D eigenvalue weighted by Gasteiger charge is 2.29. The molecule has 2 aliphatic heterocycles. The Morgan fingerprint density at radius 1 is 1.07 bits per heavy atom. The Balaban J connectivity index is 1.35. The number of nitrogens with zero attached hydrogens (tertiary/aromatic N) is 2. The Labute approximate surface area is 234 Å². The first-order valence-corrected chi connectivity index (χ1v) is 13.8. The number of ether oxygens (including phenoxy) is 1. The molecule has 0 spiro atoms. The summed E-state index contributed by atoms with van der Waals surface area (Å²) in [5.41, 5.74) is 6.56. The molecule has 0 aliphatic carbocycles. The van der Waals surface area contributed by atoms with Crippen molar-refractivity contribution in [1.29, 1.82) is 0 Å². The van der Waals surface area contributed by atoms with E-state index in [1.54, 1.807) is 6.21 Å². The van der Waals surface area contributed by atoms with Gasteiger partial charge < -0.3 is 23.8 Å². The second-order valence-corrected chi connectivity index (χ2v) is 11.6. The number of rotatable bonds is 5. The van der Waals surface area contributed by atoms with Gasteiger partial charge in [0, 0.05) is 29.7 Å². The molecular weight excluding hydrogens is 503 g/mol. The molecule has 0 bridgehead atoms. The minimum Gasteiger partial charge on any atom is -0.488 e. The molecule has 0 saturated carbocycles. The van der Waals surface area contributed by atoms with Gasteiger partial charge in [0.25, 0.3) is 0 Å². The first kappa shape index (κ1) is 26.2. The molecule has 6 rings (SSSR count). The van der Waals surface area contributed by atoms with Crippen LogP contribution in [0.5, 0.6) is 5.75 Å². The average molecular weight is 536 g/mol. The molecule has 2 aliphatic rings. The number of para-hydroxylation sites is 1. The second kappa shape index (κ2) is 10.2. The van der Waals surface area contributed by atoms with E-state index in [-0.39, 0.29) is 12.0 Å². The van der Waals surface area contributed by atoms with E-state index in [0.717, 1.165) is 53.7 Å². The van der Waals surface area contributed by atoms with Crippen LogP contribution in [0.2, 0.25) is 0 Å². The van der Waals surface area contributed by atoms with Crippen LogP contribution in [0.1, 0.15) is 48.9 Å². The van der Waals surface area contributed by atoms with Crippen molar-refractivity contribution in [2.75, 3.05) is 18.0 Å². The van der Waals surface area contributed by atoms with Crippen LogP contribution in [0.25, 0.3) is 22.1 Å². The largest absolute Gasteiger partial charge is 0.583 e. The number of hydrogen-bond acceptors (Lipinski definition) is 7. The summed E-state index contributed by atoms with van der Waals surface area (Å²) in [6, 6.07) is 17.5. The first-order chi connectivity index (χ1) is 19.2. The molecule has 0 atom stereocenters. The molecular formula is C32H33BN2O5. The molecule has 4 aromatic rings. The topological polar surface area (TPSA) is 84.5 Å². The highest BCUT2D eigenvalue weighted by atomic mass is 16.6. The summed E-state index contributed by atoms with van der Waals surface area (Å²) >= 11 is 0. The quantitative estimate of drug-likeness (QED) is 0.347. The maximum atomic E-state index is 13.5. The molecule has 7 nitrogen and oxygen atoms in total. The third-order valence-corrected chi connectivity index (χ3v) is 8.11. The van der Waals surface area contributed by atoms with Gasteiger partial charge in [-0.2, -0.15) is 0 Å². The van der Waals surface area contributed by atoms with Crippen molar-refractivity contribution in [2.45, 2.75) is 47.1 Å². The van der Waals surface area contributed by atoms with Crippen LogP contribution in [0.3, 0.4) is 0 Å². The van der Waals surface area contributed by atoms with Gasteiger partial charge in [0.2, 0.25) is 5.88 Å². The summed E-state index contributed by atoms with van der Waals surface area (Å²) in [5.74, 6) is 1.35. The molecule has 1 aromatic heterocycles. The summed E-state index contributed by atoms with van der Waals surface area (Å²) in [6.45, 7) is 10.4. The third-order valence-electron chi connectivity index (χ3n) is 8.11. The number of piperidine rings is 1. The summed E-state index contributed by atoms with van der Waals surface area (Å²) < 4.78 is 18.0. The van der Waals surface area contributed by atoms with Gasteiger partial charge in [0.05, 0.1) is 17.2 Å². The number of benzene rings is 3. The van der Waals surface area contributed by atoms with Crippen molar-refractivity contribution in [3.8, 4) is 16.9 Å². The van der Waals surface area contributed by atoms with E-state index in [1.165, 1.54) is 0 Å². The fourth-order valence-electron chi connectivity index (χ4n) is 5.60. The number of aryl methyl sites for hydroxylation is 1. The SMILES string of the molecule is Cc1cc(COc2ccccc2-c2ccc3c(c2)B(O)ON=C3)c2oc(N3CCC(C)(C)CC3)c(C)c(=O)c2c1. The molecule has 8 heteroatoms. The van der Waals surface area contributed by atoms with Crippen LogP contribution in [-0.4, -0.2) is 31.4 Å². The van der Waals surface area contributed by atoms with Crippen molar-refractivity contribution in [3.63, 3.8) is 0 Å². The lowest BCUT2D eigenvalue weighted by molar-refractivity contribution is 0.274. The Morgan fingerprint density at radius 3 is 2.65 bits per heavy atom. The molecule has 3 aromatic carbocycles. The Hall–Kier alpha value is -4.04. The molecule has 0 amide bonds. The van der Waals surface area contributed by atoms with Gasteiger partial charge in [-0.05, 0) is 67.0 Å². The lowest BCUT2D eigenvalue weighted by Crippen LogP contribution is -2.38. The standard InChI is InChI=1S/C32H33BN2O5/c1-20-15-24(30-26(16-20)29(36)21(2)31(39-30)35-13-11-32(3,4)12-14-35)19-38-28-8-6-5-7-25(28)22-9-10-23-18-34-40-33(37)27(23)17-22/h5-10,15-18,37H,11-14,19H2,1-4H3. The summed E-state index contributed by atoms with van der Waals surface area (Å²) in [5, 5.41) is 14.6. The molecule has 3 heterocycles. The molecule has 1 N–H and O–H groups in total. The zero-order valence-electron chi connectivity index (χ0n) is 23.4. The first-order valence-electron chi connectivity index (χ1n) is 13.8. The van der Waals surface area contributed by atoms with Crippen LogP contribution >= 0.6 is 0 Å². The highest BCUT2D eigenvalue weighted by molar-refractivity contribution is 6.62. The van der Waals surface area contributed by atoms with Crippen molar-refractivity contribution >= 4 is 35.6 Å². The van der Waals surface area contributed by atoms with Gasteiger partial charge in [-0.25, -0.2) is 0 Å². The summed E-state index contributed by atoms with van der Waals surface area (Å²) in [6.07, 6.45) is 3.69. The minimum atomic E-state index is -1.11. The molecule has 204 valence electrons. The molecule has 1 fully saturated rings. The van der Waals surface area contributed by atoms with Gasteiger partial charge in [-0.1, -0.05) is 50.2 Å². The number of fused-ring (bicyclic) bond motifs is 2. The fraction of sp³-hybridized carbons (Fsp3) is 0.312. The van der Waals surface area contributed by atoms with E-state index in [1.807, 2.05) is 68.4 Å². The lowest BCUT2D eigenvalue weighted by Gasteiger charge is -2.37. The van der Waals surface area contributed by atoms with E-state index in [9.17, 15) is 9.82 Å². The number of oxime groups is 1. The Morgan fingerprint density at radius 2 is 1.85 bits per heavy atom. The van der Waals surface area contributed by atoms with Gasteiger partial charge in [0.15, 0.2) is 5.43 Å². The second-order valence-electron chi connectivity index (χ2n) is 11.6. The Bertz CT molecular complexity index is 1680. The van der Waals surface area contributed by atoms with Crippen molar-refractivity contribution in [3.05, 3.63) is 87.1 Å². The van der Waals surface area contributed by atoms with Gasteiger partial charge in [0.1, 0.15) is 17.9 Å². The van der Waals surface area contributed by atoms with Crippen LogP contribution in [-0.2, 0) is 11.4 Å². The zero-order valence-corrected chi connectivity index (χ0v) is 23.4. The minimum absolute atomic E-state index is 0.00445.